The van der Waals surface area contributed by atoms with E-state index in [0.717, 1.165) is 0 Å². The molecular formula is C26H25FN2O7. The number of carbonyl (C=O) groups is 3. The maximum atomic E-state index is 13.3. The van der Waals surface area contributed by atoms with Gasteiger partial charge in [-0.3, -0.25) is 19.3 Å². The minimum atomic E-state index is -0.468. The summed E-state index contributed by atoms with van der Waals surface area (Å²) in [6, 6.07) is 13.4. The number of anilines is 1. The van der Waals surface area contributed by atoms with Crippen LogP contribution < -0.4 is 19.7 Å². The molecule has 1 aliphatic rings. The first kappa shape index (κ1) is 24.9. The van der Waals surface area contributed by atoms with Crippen LogP contribution in [0.1, 0.15) is 33.1 Å². The van der Waals surface area contributed by atoms with Crippen molar-refractivity contribution < 1.29 is 37.4 Å². The Morgan fingerprint density at radius 2 is 2.00 bits per heavy atom. The number of benzene rings is 2. The van der Waals surface area contributed by atoms with Gasteiger partial charge in [0.2, 0.25) is 0 Å². The first-order valence-electron chi connectivity index (χ1n) is 11.3. The van der Waals surface area contributed by atoms with Crippen molar-refractivity contribution in [3.63, 3.8) is 0 Å². The zero-order valence-electron chi connectivity index (χ0n) is 19.6. The molecule has 188 valence electrons. The fourth-order valence-corrected chi connectivity index (χ4v) is 3.58. The van der Waals surface area contributed by atoms with E-state index < -0.39 is 5.82 Å². The molecule has 0 radical (unpaired) electrons. The molecule has 0 spiro atoms. The summed E-state index contributed by atoms with van der Waals surface area (Å²) in [5.41, 5.74) is 0.689. The van der Waals surface area contributed by atoms with E-state index in [4.69, 9.17) is 18.6 Å². The smallest absolute Gasteiger partial charge is 0.286 e. The number of hydrogen-bond donors (Lipinski definition) is 1. The lowest BCUT2D eigenvalue weighted by atomic mass is 10.1. The van der Waals surface area contributed by atoms with Crippen molar-refractivity contribution in [3.05, 3.63) is 77.5 Å². The third kappa shape index (κ3) is 6.08. The van der Waals surface area contributed by atoms with Crippen LogP contribution in [0.5, 0.6) is 11.5 Å². The van der Waals surface area contributed by atoms with Gasteiger partial charge in [-0.25, -0.2) is 4.39 Å². The number of fused-ring (bicyclic) bond motifs is 1. The van der Waals surface area contributed by atoms with Crippen LogP contribution in [-0.2, 0) is 16.1 Å². The number of ketones is 1. The van der Waals surface area contributed by atoms with Crippen LogP contribution in [-0.4, -0.2) is 51.1 Å². The molecule has 1 aliphatic heterocycles. The molecule has 9 nitrogen and oxygen atoms in total. The minimum Gasteiger partial charge on any atom is -0.485 e. The molecule has 2 aromatic carbocycles. The van der Waals surface area contributed by atoms with E-state index in [1.165, 1.54) is 35.2 Å². The third-order valence-corrected chi connectivity index (χ3v) is 5.40. The fourth-order valence-electron chi connectivity index (χ4n) is 3.58. The van der Waals surface area contributed by atoms with Crippen LogP contribution in [0.25, 0.3) is 0 Å². The number of ether oxygens (including phenoxy) is 3. The Labute approximate surface area is 206 Å². The number of nitrogens with one attached hydrogen (secondary N) is 1. The normalized spacial score (nSPS) is 12.6. The van der Waals surface area contributed by atoms with Crippen molar-refractivity contribution in [2.24, 2.45) is 0 Å². The summed E-state index contributed by atoms with van der Waals surface area (Å²) in [5.74, 6) is -0.332. The van der Waals surface area contributed by atoms with Crippen molar-refractivity contribution in [1.29, 1.82) is 0 Å². The summed E-state index contributed by atoms with van der Waals surface area (Å²) in [4.78, 5) is 39.1. The average molecular weight is 496 g/mol. The molecule has 0 saturated carbocycles. The lowest BCUT2D eigenvalue weighted by Crippen LogP contribution is -2.38. The fraction of sp³-hybridized carbons (Fsp3) is 0.269. The zero-order valence-corrected chi connectivity index (χ0v) is 19.6. The Bertz CT molecular complexity index is 1260. The molecule has 2 amide bonds. The van der Waals surface area contributed by atoms with E-state index in [1.54, 1.807) is 31.4 Å². The Hall–Kier alpha value is -4.18. The van der Waals surface area contributed by atoms with Crippen molar-refractivity contribution in [1.82, 2.24) is 5.32 Å². The number of nitrogens with zero attached hydrogens (tertiary/aromatic N) is 1. The second kappa shape index (κ2) is 11.5. The number of rotatable bonds is 11. The first-order chi connectivity index (χ1) is 17.4. The van der Waals surface area contributed by atoms with Gasteiger partial charge in [0.15, 0.2) is 24.8 Å². The average Bonchev–Trinajstić information content (AvgIpc) is 3.35. The van der Waals surface area contributed by atoms with E-state index in [9.17, 15) is 18.8 Å². The maximum Gasteiger partial charge on any atom is 0.286 e. The molecule has 1 N–H and O–H groups in total. The van der Waals surface area contributed by atoms with Gasteiger partial charge in [0.05, 0.1) is 12.2 Å². The van der Waals surface area contributed by atoms with Crippen LogP contribution in [0.15, 0.2) is 59.0 Å². The highest BCUT2D eigenvalue weighted by molar-refractivity contribution is 6.02. The van der Waals surface area contributed by atoms with Gasteiger partial charge >= 0.3 is 0 Å². The molecule has 3 aromatic rings. The van der Waals surface area contributed by atoms with E-state index >= 15 is 0 Å². The molecule has 1 aromatic heterocycles. The molecule has 10 heteroatoms. The van der Waals surface area contributed by atoms with E-state index in [-0.39, 0.29) is 48.9 Å². The summed E-state index contributed by atoms with van der Waals surface area (Å²) in [6.07, 6.45) is 0.670. The molecule has 0 unspecified atom stereocenters. The minimum absolute atomic E-state index is 0.0452. The number of carbonyl (C=O) groups excluding carboxylic acids is 3. The van der Waals surface area contributed by atoms with Crippen LogP contribution in [0.2, 0.25) is 0 Å². The summed E-state index contributed by atoms with van der Waals surface area (Å²) in [7, 11) is 1.59. The molecule has 2 heterocycles. The van der Waals surface area contributed by atoms with Crippen LogP contribution in [0, 0.1) is 5.82 Å². The predicted molar refractivity (Wildman–Crippen MR) is 127 cm³/mol. The number of methoxy groups -OCH3 is 1. The summed E-state index contributed by atoms with van der Waals surface area (Å²) in [6.45, 7) is 0.541. The van der Waals surface area contributed by atoms with Gasteiger partial charge in [0.25, 0.3) is 11.8 Å². The lowest BCUT2D eigenvalue weighted by Gasteiger charge is -2.29. The van der Waals surface area contributed by atoms with Crippen LogP contribution in [0.3, 0.4) is 0 Å². The first-order valence-corrected chi connectivity index (χ1v) is 11.3. The van der Waals surface area contributed by atoms with Gasteiger partial charge in [0, 0.05) is 31.9 Å². The Morgan fingerprint density at radius 1 is 1.14 bits per heavy atom. The quantitative estimate of drug-likeness (QED) is 0.320. The topological polar surface area (TPSA) is 107 Å². The molecule has 0 saturated heterocycles. The number of halogens is 1. The van der Waals surface area contributed by atoms with Crippen molar-refractivity contribution in [3.8, 4) is 11.5 Å². The molecular weight excluding hydrogens is 471 g/mol. The van der Waals surface area contributed by atoms with Gasteiger partial charge in [-0.05, 0) is 48.9 Å². The van der Waals surface area contributed by atoms with Crippen molar-refractivity contribution in [2.75, 3.05) is 38.4 Å². The van der Waals surface area contributed by atoms with Crippen molar-refractivity contribution in [2.45, 2.75) is 13.0 Å². The highest BCUT2D eigenvalue weighted by atomic mass is 19.1. The van der Waals surface area contributed by atoms with E-state index in [2.05, 4.69) is 5.32 Å². The number of Topliss-reactive ketones (excluding diaryl/α,β-unsaturated/α-hetero) is 1. The van der Waals surface area contributed by atoms with Gasteiger partial charge in [-0.2, -0.15) is 0 Å². The number of furan rings is 1. The molecule has 4 rings (SSSR count). The zero-order chi connectivity index (χ0) is 25.5. The highest BCUT2D eigenvalue weighted by Crippen LogP contribution is 2.34. The molecule has 0 bridgehead atoms. The Kier molecular flexibility index (Phi) is 7.96. The number of hydrogen-bond acceptors (Lipinski definition) is 7. The van der Waals surface area contributed by atoms with Gasteiger partial charge in [-0.1, -0.05) is 6.07 Å². The van der Waals surface area contributed by atoms with Crippen LogP contribution >= 0.6 is 0 Å². The summed E-state index contributed by atoms with van der Waals surface area (Å²) >= 11 is 0. The monoisotopic (exact) mass is 496 g/mol. The summed E-state index contributed by atoms with van der Waals surface area (Å²) < 4.78 is 34.8. The van der Waals surface area contributed by atoms with Crippen LogP contribution in [0.4, 0.5) is 10.1 Å². The Morgan fingerprint density at radius 3 is 2.81 bits per heavy atom. The standard InChI is InChI=1S/C26H25FN2O7/c1-33-11-3-10-28-26(32)24-9-7-20(36-24)14-29-21-12-17(6-8-23(21)35-16-25(29)31)22(30)15-34-19-5-2-4-18(27)13-19/h2,4-9,12-13H,3,10-11,14-16H2,1H3,(H,28,32). The molecule has 0 atom stereocenters. The lowest BCUT2D eigenvalue weighted by molar-refractivity contribution is -0.121. The van der Waals surface area contributed by atoms with Gasteiger partial charge in [0.1, 0.15) is 23.1 Å². The van der Waals surface area contributed by atoms with Gasteiger partial charge < -0.3 is 23.9 Å². The second-order valence-corrected chi connectivity index (χ2v) is 7.99. The molecule has 0 fully saturated rings. The second-order valence-electron chi connectivity index (χ2n) is 7.99. The largest absolute Gasteiger partial charge is 0.485 e. The summed E-state index contributed by atoms with van der Waals surface area (Å²) in [5, 5.41) is 2.74. The predicted octanol–water partition coefficient (Wildman–Crippen LogP) is 3.37. The van der Waals surface area contributed by atoms with Gasteiger partial charge in [-0.15, -0.1) is 0 Å². The Balaban J connectivity index is 1.44. The third-order valence-electron chi connectivity index (χ3n) is 5.40. The SMILES string of the molecule is COCCCNC(=O)c1ccc(CN2C(=O)COc3ccc(C(=O)COc4cccc(F)c4)cc32)o1. The molecule has 36 heavy (non-hydrogen) atoms. The van der Waals surface area contributed by atoms with E-state index in [1.807, 2.05) is 0 Å². The number of amides is 2. The van der Waals surface area contributed by atoms with Crippen molar-refractivity contribution >= 4 is 23.3 Å². The maximum absolute atomic E-state index is 13.3. The highest BCUT2D eigenvalue weighted by Gasteiger charge is 2.28. The van der Waals surface area contributed by atoms with E-state index in [0.29, 0.717) is 42.3 Å². The molecule has 0 aliphatic carbocycles.